The average Bonchev–Trinajstić information content (AvgIpc) is 2.26. The summed E-state index contributed by atoms with van der Waals surface area (Å²) >= 11 is 0. The maximum Gasteiger partial charge on any atom is 0.423 e. The Balaban J connectivity index is 2.75. The van der Waals surface area contributed by atoms with Crippen molar-refractivity contribution in [2.24, 2.45) is 0 Å². The molecule has 2 rings (SSSR count). The molecule has 0 unspecified atom stereocenters. The van der Waals surface area contributed by atoms with Gasteiger partial charge in [0.25, 0.3) is 0 Å². The predicted octanol–water partition coefficient (Wildman–Crippen LogP) is 1.86. The zero-order chi connectivity index (χ0) is 11.7. The van der Waals surface area contributed by atoms with E-state index in [1.165, 1.54) is 12.5 Å². The first kappa shape index (κ1) is 10.4. The van der Waals surface area contributed by atoms with Gasteiger partial charge >= 0.3 is 12.1 Å². The van der Waals surface area contributed by atoms with Gasteiger partial charge in [-0.05, 0) is 31.5 Å². The van der Waals surface area contributed by atoms with E-state index >= 15 is 0 Å². The quantitative estimate of drug-likeness (QED) is 0.720. The average molecular weight is 217 g/mol. The van der Waals surface area contributed by atoms with Gasteiger partial charge in [-0.2, -0.15) is 0 Å². The van der Waals surface area contributed by atoms with Gasteiger partial charge in [-0.3, -0.25) is 0 Å². The molecule has 2 aromatic rings. The molecule has 0 atom stereocenters. The van der Waals surface area contributed by atoms with E-state index in [9.17, 15) is 9.59 Å². The number of carbonyl (C=O) groups excluding carboxylic acids is 1. The molecule has 0 fully saturated rings. The molecule has 0 saturated heterocycles. The van der Waals surface area contributed by atoms with Crippen molar-refractivity contribution in [1.82, 2.24) is 0 Å². The lowest BCUT2D eigenvalue weighted by atomic mass is 10.1. The molecule has 1 aromatic carbocycles. The normalized spacial score (nSPS) is 10.4. The van der Waals surface area contributed by atoms with Crippen LogP contribution in [0.1, 0.15) is 11.1 Å². The third-order valence-corrected chi connectivity index (χ3v) is 2.59. The van der Waals surface area contributed by atoms with Crippen LogP contribution in [0.4, 0.5) is 0 Å². The molecule has 1 aromatic heterocycles. The minimum atomic E-state index is -0.378. The lowest BCUT2D eigenvalue weighted by Gasteiger charge is -2.04. The fourth-order valence-electron chi connectivity index (χ4n) is 1.54. The van der Waals surface area contributed by atoms with E-state index in [4.69, 9.17) is 4.42 Å². The summed E-state index contributed by atoms with van der Waals surface area (Å²) in [4.78, 5) is 21.5. The Hall–Kier alpha value is -2.10. The number of hydrogen-bond acceptors (Lipinski definition) is 4. The molecule has 16 heavy (non-hydrogen) atoms. The molecule has 0 aliphatic rings. The molecule has 1 heterocycles. The minimum absolute atomic E-state index is 0.300. The van der Waals surface area contributed by atoms with E-state index in [2.05, 4.69) is 4.74 Å². The first-order valence-electron chi connectivity index (χ1n) is 4.71. The van der Waals surface area contributed by atoms with Gasteiger partial charge in [0.1, 0.15) is 11.3 Å². The Kier molecular flexibility index (Phi) is 2.48. The Morgan fingerprint density at radius 2 is 2.00 bits per heavy atom. The van der Waals surface area contributed by atoms with Gasteiger partial charge in [-0.25, -0.2) is 9.59 Å². The van der Waals surface area contributed by atoms with Crippen molar-refractivity contribution in [1.29, 1.82) is 0 Å². The Bertz CT molecular complexity index is 610. The number of ether oxygens (including phenoxy) is 1. The van der Waals surface area contributed by atoms with Gasteiger partial charge in [0, 0.05) is 17.0 Å². The van der Waals surface area contributed by atoms with Crippen molar-refractivity contribution in [2.75, 3.05) is 0 Å². The van der Waals surface area contributed by atoms with Crippen LogP contribution in [-0.4, -0.2) is 6.47 Å². The second-order valence-electron chi connectivity index (χ2n) is 3.48. The van der Waals surface area contributed by atoms with Crippen LogP contribution in [0, 0.1) is 13.8 Å². The number of aryl methyl sites for hydroxylation is 1. The number of fused-ring (bicyclic) bond motifs is 1. The van der Waals surface area contributed by atoms with Crippen molar-refractivity contribution in [3.63, 3.8) is 0 Å². The number of benzene rings is 1. The van der Waals surface area contributed by atoms with Crippen LogP contribution in [0.15, 0.2) is 27.4 Å². The highest BCUT2D eigenvalue weighted by Crippen LogP contribution is 2.23. The molecule has 0 spiro atoms. The SMILES string of the molecule is Cc1c(C)c2ccc(O[C]=O)cc2oc1=O. The van der Waals surface area contributed by atoms with Crippen molar-refractivity contribution in [3.8, 4) is 5.75 Å². The molecule has 0 amide bonds. The summed E-state index contributed by atoms with van der Waals surface area (Å²) in [6.07, 6.45) is 0. The van der Waals surface area contributed by atoms with Gasteiger partial charge in [-0.15, -0.1) is 0 Å². The van der Waals surface area contributed by atoms with E-state index in [-0.39, 0.29) is 5.63 Å². The number of rotatable bonds is 2. The monoisotopic (exact) mass is 217 g/mol. The van der Waals surface area contributed by atoms with Crippen LogP contribution in [0.5, 0.6) is 5.75 Å². The Labute approximate surface area is 91.4 Å². The summed E-state index contributed by atoms with van der Waals surface area (Å²) in [5, 5.41) is 0.829. The molecule has 0 bridgehead atoms. The summed E-state index contributed by atoms with van der Waals surface area (Å²) in [5.41, 5.74) is 1.48. The largest absolute Gasteiger partial charge is 0.423 e. The smallest absolute Gasteiger partial charge is 0.422 e. The van der Waals surface area contributed by atoms with Gasteiger partial charge in [0.05, 0.1) is 0 Å². The fourth-order valence-corrected chi connectivity index (χ4v) is 1.54. The third-order valence-electron chi connectivity index (χ3n) is 2.59. The van der Waals surface area contributed by atoms with Crippen LogP contribution in [0.2, 0.25) is 0 Å². The second-order valence-corrected chi connectivity index (χ2v) is 3.48. The third kappa shape index (κ3) is 1.58. The Morgan fingerprint density at radius 3 is 2.69 bits per heavy atom. The molecule has 81 valence electrons. The highest BCUT2D eigenvalue weighted by molar-refractivity contribution is 5.82. The van der Waals surface area contributed by atoms with E-state index in [0.717, 1.165) is 10.9 Å². The van der Waals surface area contributed by atoms with Crippen LogP contribution in [-0.2, 0) is 4.79 Å². The first-order chi connectivity index (χ1) is 7.63. The lowest BCUT2D eigenvalue weighted by Crippen LogP contribution is -2.05. The molecule has 0 N–H and O–H groups in total. The molecule has 4 heteroatoms. The molecule has 4 nitrogen and oxygen atoms in total. The summed E-state index contributed by atoms with van der Waals surface area (Å²) in [7, 11) is 0. The molecule has 0 saturated carbocycles. The van der Waals surface area contributed by atoms with Crippen molar-refractivity contribution >= 4 is 17.4 Å². The zero-order valence-corrected chi connectivity index (χ0v) is 8.87. The lowest BCUT2D eigenvalue weighted by molar-refractivity contribution is 0.442. The van der Waals surface area contributed by atoms with E-state index in [1.807, 2.05) is 6.92 Å². The first-order valence-corrected chi connectivity index (χ1v) is 4.71. The van der Waals surface area contributed by atoms with E-state index < -0.39 is 0 Å². The predicted molar refractivity (Wildman–Crippen MR) is 58.3 cm³/mol. The molecular weight excluding hydrogens is 208 g/mol. The molecule has 0 aliphatic heterocycles. The van der Waals surface area contributed by atoms with Crippen LogP contribution < -0.4 is 10.4 Å². The number of hydrogen-bond donors (Lipinski definition) is 0. The molecule has 0 aliphatic carbocycles. The van der Waals surface area contributed by atoms with Crippen molar-refractivity contribution < 1.29 is 13.9 Å². The van der Waals surface area contributed by atoms with Gasteiger partial charge in [0.15, 0.2) is 0 Å². The van der Waals surface area contributed by atoms with Gasteiger partial charge in [-0.1, -0.05) is 0 Å². The molecular formula is C12H9O4. The minimum Gasteiger partial charge on any atom is -0.422 e. The highest BCUT2D eigenvalue weighted by Gasteiger charge is 2.08. The van der Waals surface area contributed by atoms with Crippen LogP contribution >= 0.6 is 0 Å². The standard InChI is InChI=1S/C12H9O4/c1-7-8(2)12(14)16-11-5-9(15-6-13)3-4-10(7)11/h3-5H,1-2H3. The van der Waals surface area contributed by atoms with Crippen LogP contribution in [0.25, 0.3) is 11.0 Å². The fraction of sp³-hybridized carbons (Fsp3) is 0.167. The highest BCUT2D eigenvalue weighted by atomic mass is 16.5. The summed E-state index contributed by atoms with van der Waals surface area (Å²) in [6, 6.07) is 4.86. The van der Waals surface area contributed by atoms with E-state index in [1.54, 1.807) is 19.1 Å². The summed E-state index contributed by atoms with van der Waals surface area (Å²) < 4.78 is 9.65. The Morgan fingerprint density at radius 1 is 1.25 bits per heavy atom. The van der Waals surface area contributed by atoms with Crippen molar-refractivity contribution in [3.05, 3.63) is 39.7 Å². The van der Waals surface area contributed by atoms with Gasteiger partial charge < -0.3 is 9.15 Å². The maximum absolute atomic E-state index is 11.4. The summed E-state index contributed by atoms with van der Waals surface area (Å²) in [6.45, 7) is 4.88. The van der Waals surface area contributed by atoms with E-state index in [0.29, 0.717) is 16.9 Å². The van der Waals surface area contributed by atoms with Gasteiger partial charge in [0.2, 0.25) is 0 Å². The topological polar surface area (TPSA) is 56.5 Å². The zero-order valence-electron chi connectivity index (χ0n) is 8.87. The summed E-state index contributed by atoms with van der Waals surface area (Å²) in [5.74, 6) is 0.300. The second kappa shape index (κ2) is 3.81. The van der Waals surface area contributed by atoms with Crippen LogP contribution in [0.3, 0.4) is 0 Å². The maximum atomic E-state index is 11.4. The van der Waals surface area contributed by atoms with Crippen molar-refractivity contribution in [2.45, 2.75) is 13.8 Å². The molecule has 1 radical (unpaired) electrons.